The third-order valence-electron chi connectivity index (χ3n) is 6.01. The molecule has 1 aromatic rings. The molecule has 2 N–H and O–H groups in total. The second-order valence-electron chi connectivity index (χ2n) is 8.93. The Morgan fingerprint density at radius 1 is 1.12 bits per heavy atom. The molecule has 2 aliphatic rings. The first kappa shape index (κ1) is 20.2. The molecule has 5 heteroatoms. The Morgan fingerprint density at radius 2 is 1.81 bits per heavy atom. The zero-order valence-corrected chi connectivity index (χ0v) is 18.6. The van der Waals surface area contributed by atoms with Gasteiger partial charge >= 0.3 is 0 Å². The fourth-order valence-electron chi connectivity index (χ4n) is 4.75. The lowest BCUT2D eigenvalue weighted by Crippen LogP contribution is -2.58. The van der Waals surface area contributed by atoms with E-state index in [4.69, 9.17) is 0 Å². The van der Waals surface area contributed by atoms with Gasteiger partial charge in [0.05, 0.1) is 0 Å². The number of rotatable bonds is 5. The van der Waals surface area contributed by atoms with Crippen molar-refractivity contribution in [2.75, 3.05) is 0 Å². The van der Waals surface area contributed by atoms with Crippen molar-refractivity contribution in [1.82, 2.24) is 10.0 Å². The number of hydrogen-bond donors (Lipinski definition) is 2. The Kier molecular flexibility index (Phi) is 6.41. The second kappa shape index (κ2) is 8.24. The van der Waals surface area contributed by atoms with Gasteiger partial charge < -0.3 is 5.32 Å². The van der Waals surface area contributed by atoms with Gasteiger partial charge in [0.1, 0.15) is 5.54 Å². The normalized spacial score (nSPS) is 31.5. The molecule has 2 saturated carbocycles. The average molecular weight is 439 g/mol. The summed E-state index contributed by atoms with van der Waals surface area (Å²) in [7, 11) is 0. The predicted octanol–water partition coefficient (Wildman–Crippen LogP) is 5.40. The van der Waals surface area contributed by atoms with Gasteiger partial charge in [-0.05, 0) is 99.4 Å². The van der Waals surface area contributed by atoms with Gasteiger partial charge in [-0.1, -0.05) is 29.8 Å². The molecule has 5 unspecified atom stereocenters. The molecule has 26 heavy (non-hydrogen) atoms. The van der Waals surface area contributed by atoms with Gasteiger partial charge in [0.2, 0.25) is 5.91 Å². The van der Waals surface area contributed by atoms with E-state index in [9.17, 15) is 4.79 Å². The van der Waals surface area contributed by atoms with Crippen molar-refractivity contribution in [2.45, 2.75) is 69.9 Å². The molecule has 0 radical (unpaired) electrons. The molecule has 2 fully saturated rings. The summed E-state index contributed by atoms with van der Waals surface area (Å²) in [4.78, 5) is 14.1. The number of hydrogen-bond acceptors (Lipinski definition) is 3. The number of halogens is 1. The highest BCUT2D eigenvalue weighted by molar-refractivity contribution is 9.10. The van der Waals surface area contributed by atoms with Crippen molar-refractivity contribution in [3.05, 3.63) is 28.7 Å². The summed E-state index contributed by atoms with van der Waals surface area (Å²) >= 11 is 4.97. The van der Waals surface area contributed by atoms with Gasteiger partial charge in [0.25, 0.3) is 0 Å². The fourth-order valence-corrected chi connectivity index (χ4v) is 5.75. The summed E-state index contributed by atoms with van der Waals surface area (Å²) in [6.07, 6.45) is 5.18. The molecule has 2 aliphatic carbocycles. The SMILES string of the molecule is CC1CC2CC(C)C(NC(=O)C(C)(C)NSc3ccc(Br)cc3)C(C1)C2. The minimum atomic E-state index is -0.616. The van der Waals surface area contributed by atoms with E-state index in [-0.39, 0.29) is 5.91 Å². The largest absolute Gasteiger partial charge is 0.351 e. The molecule has 3 rings (SSSR count). The number of fused-ring (bicyclic) bond motifs is 2. The Bertz CT molecular complexity index is 629. The van der Waals surface area contributed by atoms with Gasteiger partial charge in [0.15, 0.2) is 0 Å². The number of carbonyl (C=O) groups excluding carboxylic acids is 1. The fraction of sp³-hybridized carbons (Fsp3) is 0.667. The molecule has 0 aromatic heterocycles. The van der Waals surface area contributed by atoms with Crippen LogP contribution in [0.1, 0.15) is 53.4 Å². The molecule has 0 saturated heterocycles. The van der Waals surface area contributed by atoms with Gasteiger partial charge in [-0.25, -0.2) is 4.72 Å². The van der Waals surface area contributed by atoms with Crippen LogP contribution in [-0.4, -0.2) is 17.5 Å². The number of nitrogens with one attached hydrogen (secondary N) is 2. The van der Waals surface area contributed by atoms with E-state index >= 15 is 0 Å². The van der Waals surface area contributed by atoms with Crippen LogP contribution in [-0.2, 0) is 4.79 Å². The molecule has 0 heterocycles. The minimum Gasteiger partial charge on any atom is -0.351 e. The molecule has 3 nitrogen and oxygen atoms in total. The summed E-state index contributed by atoms with van der Waals surface area (Å²) < 4.78 is 4.41. The number of carbonyl (C=O) groups is 1. The van der Waals surface area contributed by atoms with Crippen molar-refractivity contribution in [3.8, 4) is 0 Å². The maximum Gasteiger partial charge on any atom is 0.240 e. The van der Waals surface area contributed by atoms with Gasteiger partial charge in [-0.15, -0.1) is 0 Å². The molecule has 0 aliphatic heterocycles. The summed E-state index contributed by atoms with van der Waals surface area (Å²) in [5.41, 5.74) is -0.616. The van der Waals surface area contributed by atoms with E-state index in [1.807, 2.05) is 38.1 Å². The van der Waals surface area contributed by atoms with Crippen LogP contribution in [0.15, 0.2) is 33.6 Å². The Labute approximate surface area is 170 Å². The number of benzene rings is 1. The lowest BCUT2D eigenvalue weighted by molar-refractivity contribution is -0.128. The predicted molar refractivity (Wildman–Crippen MR) is 113 cm³/mol. The van der Waals surface area contributed by atoms with Crippen molar-refractivity contribution in [3.63, 3.8) is 0 Å². The zero-order valence-electron chi connectivity index (χ0n) is 16.2. The molecule has 1 amide bonds. The van der Waals surface area contributed by atoms with Crippen LogP contribution in [0.4, 0.5) is 0 Å². The van der Waals surface area contributed by atoms with E-state index in [1.54, 1.807) is 0 Å². The second-order valence-corrected chi connectivity index (χ2v) is 10.7. The van der Waals surface area contributed by atoms with E-state index in [1.165, 1.54) is 37.6 Å². The van der Waals surface area contributed by atoms with Crippen LogP contribution in [0, 0.1) is 23.7 Å². The smallest absolute Gasteiger partial charge is 0.240 e. The highest BCUT2D eigenvalue weighted by Gasteiger charge is 2.42. The zero-order chi connectivity index (χ0) is 18.9. The van der Waals surface area contributed by atoms with Gasteiger partial charge in [0, 0.05) is 15.4 Å². The molecule has 144 valence electrons. The topological polar surface area (TPSA) is 41.1 Å². The summed E-state index contributed by atoms with van der Waals surface area (Å²) in [5.74, 6) is 2.99. The Hall–Kier alpha value is -0.520. The van der Waals surface area contributed by atoms with Gasteiger partial charge in [-0.2, -0.15) is 0 Å². The molecule has 1 aromatic carbocycles. The van der Waals surface area contributed by atoms with Crippen molar-refractivity contribution >= 4 is 33.8 Å². The van der Waals surface area contributed by atoms with E-state index < -0.39 is 5.54 Å². The first-order chi connectivity index (χ1) is 12.2. The summed E-state index contributed by atoms with van der Waals surface area (Å²) in [5, 5.41) is 3.41. The third-order valence-corrected chi connectivity index (χ3v) is 7.65. The maximum absolute atomic E-state index is 13.0. The number of amides is 1. The molecular weight excluding hydrogens is 408 g/mol. The highest BCUT2D eigenvalue weighted by atomic mass is 79.9. The quantitative estimate of drug-likeness (QED) is 0.604. The van der Waals surface area contributed by atoms with Crippen molar-refractivity contribution < 1.29 is 4.79 Å². The van der Waals surface area contributed by atoms with Gasteiger partial charge in [-0.3, -0.25) is 4.79 Å². The Morgan fingerprint density at radius 3 is 2.50 bits per heavy atom. The van der Waals surface area contributed by atoms with Crippen LogP contribution < -0.4 is 10.0 Å². The Balaban J connectivity index is 1.59. The van der Waals surface area contributed by atoms with Crippen molar-refractivity contribution in [1.29, 1.82) is 0 Å². The van der Waals surface area contributed by atoms with Crippen LogP contribution in [0.5, 0.6) is 0 Å². The lowest BCUT2D eigenvalue weighted by Gasteiger charge is -2.47. The maximum atomic E-state index is 13.0. The third kappa shape index (κ3) is 4.85. The molecule has 2 bridgehead atoms. The van der Waals surface area contributed by atoms with E-state index in [2.05, 4.69) is 39.8 Å². The van der Waals surface area contributed by atoms with Crippen LogP contribution >= 0.6 is 27.9 Å². The molecular formula is C21H31BrN2OS. The highest BCUT2D eigenvalue weighted by Crippen LogP contribution is 2.44. The monoisotopic (exact) mass is 438 g/mol. The molecule has 5 atom stereocenters. The van der Waals surface area contributed by atoms with Crippen LogP contribution in [0.25, 0.3) is 0 Å². The summed E-state index contributed by atoms with van der Waals surface area (Å²) in [6.45, 7) is 8.62. The summed E-state index contributed by atoms with van der Waals surface area (Å²) in [6, 6.07) is 8.44. The van der Waals surface area contributed by atoms with E-state index in [0.717, 1.165) is 21.2 Å². The molecule has 0 spiro atoms. The van der Waals surface area contributed by atoms with Crippen molar-refractivity contribution in [2.24, 2.45) is 23.7 Å². The van der Waals surface area contributed by atoms with E-state index in [0.29, 0.717) is 17.9 Å². The minimum absolute atomic E-state index is 0.107. The first-order valence-corrected chi connectivity index (χ1v) is 11.4. The van der Waals surface area contributed by atoms with Crippen LogP contribution in [0.2, 0.25) is 0 Å². The standard InChI is InChI=1S/C21H31BrN2OS/c1-13-9-15-11-14(2)19(16(10-13)12-15)23-20(25)21(3,4)24-26-18-7-5-17(22)6-8-18/h5-8,13-16,19,24H,9-12H2,1-4H3,(H,23,25). The lowest BCUT2D eigenvalue weighted by atomic mass is 9.63. The van der Waals surface area contributed by atoms with Crippen LogP contribution in [0.3, 0.4) is 0 Å². The average Bonchev–Trinajstić information content (AvgIpc) is 2.57. The first-order valence-electron chi connectivity index (χ1n) is 9.75.